The monoisotopic (exact) mass is 284 g/mol. The molecular formula is C16H16N2O3. The van der Waals surface area contributed by atoms with Gasteiger partial charge in [0, 0.05) is 24.0 Å². The van der Waals surface area contributed by atoms with Gasteiger partial charge in [-0.3, -0.25) is 4.98 Å². The number of hydrogen-bond acceptors (Lipinski definition) is 4. The van der Waals surface area contributed by atoms with Crippen molar-refractivity contribution in [3.63, 3.8) is 0 Å². The van der Waals surface area contributed by atoms with Crippen LogP contribution in [0.3, 0.4) is 0 Å². The lowest BCUT2D eigenvalue weighted by atomic mass is 10.1. The van der Waals surface area contributed by atoms with Gasteiger partial charge in [-0.1, -0.05) is 6.07 Å². The van der Waals surface area contributed by atoms with Crippen LogP contribution in [0.25, 0.3) is 0 Å². The number of carboxylic acids is 1. The van der Waals surface area contributed by atoms with Crippen LogP contribution in [0.15, 0.2) is 42.6 Å². The number of aromatic nitrogens is 1. The van der Waals surface area contributed by atoms with Crippen molar-refractivity contribution in [3.8, 4) is 0 Å². The molecule has 0 spiro atoms. The number of anilines is 1. The van der Waals surface area contributed by atoms with Crippen LogP contribution >= 0.6 is 0 Å². The molecule has 0 atom stereocenters. The maximum absolute atomic E-state index is 11.1. The highest BCUT2D eigenvalue weighted by atomic mass is 16.5. The Balaban J connectivity index is 1.91. The van der Waals surface area contributed by atoms with Crippen LogP contribution in [0.2, 0.25) is 0 Å². The number of carbonyl (C=O) groups is 1. The Morgan fingerprint density at radius 2 is 2.24 bits per heavy atom. The molecule has 108 valence electrons. The number of ether oxygens (including phenoxy) is 1. The van der Waals surface area contributed by atoms with Gasteiger partial charge in [-0.15, -0.1) is 0 Å². The molecule has 21 heavy (non-hydrogen) atoms. The summed E-state index contributed by atoms with van der Waals surface area (Å²) in [4.78, 5) is 17.6. The summed E-state index contributed by atoms with van der Waals surface area (Å²) >= 11 is 0. The van der Waals surface area contributed by atoms with Gasteiger partial charge in [0.1, 0.15) is 0 Å². The zero-order valence-corrected chi connectivity index (χ0v) is 11.5. The van der Waals surface area contributed by atoms with Gasteiger partial charge >= 0.3 is 5.97 Å². The molecule has 0 saturated carbocycles. The van der Waals surface area contributed by atoms with Crippen molar-refractivity contribution >= 4 is 11.7 Å². The molecule has 2 heterocycles. The zero-order chi connectivity index (χ0) is 14.7. The normalized spacial score (nSPS) is 14.4. The number of rotatable bonds is 3. The molecule has 0 unspecified atom stereocenters. The Hall–Kier alpha value is -2.40. The molecule has 3 rings (SSSR count). The molecule has 0 aliphatic carbocycles. The quantitative estimate of drug-likeness (QED) is 0.937. The van der Waals surface area contributed by atoms with Crippen LogP contribution in [0.4, 0.5) is 5.69 Å². The molecule has 0 bridgehead atoms. The Bertz CT molecular complexity index is 643. The topological polar surface area (TPSA) is 62.7 Å². The SMILES string of the molecule is O=C(O)c1ccc2c(c1)COCCN2Cc1ccccn1. The van der Waals surface area contributed by atoms with Gasteiger partial charge in [0.15, 0.2) is 0 Å². The van der Waals surface area contributed by atoms with Gasteiger partial charge in [-0.2, -0.15) is 0 Å². The Kier molecular flexibility index (Phi) is 3.83. The predicted octanol–water partition coefficient (Wildman–Crippen LogP) is 2.32. The van der Waals surface area contributed by atoms with E-state index in [4.69, 9.17) is 9.84 Å². The van der Waals surface area contributed by atoms with Crippen molar-refractivity contribution in [2.24, 2.45) is 0 Å². The lowest BCUT2D eigenvalue weighted by Gasteiger charge is -2.24. The highest BCUT2D eigenvalue weighted by Gasteiger charge is 2.18. The van der Waals surface area contributed by atoms with E-state index in [2.05, 4.69) is 9.88 Å². The standard InChI is InChI=1S/C16H16N2O3/c19-16(20)12-4-5-15-13(9-12)11-21-8-7-18(15)10-14-3-1-2-6-17-14/h1-6,9H,7-8,10-11H2,(H,19,20). The number of pyridine rings is 1. The molecule has 0 amide bonds. The average Bonchev–Trinajstić information content (AvgIpc) is 2.70. The largest absolute Gasteiger partial charge is 0.478 e. The third-order valence-corrected chi connectivity index (χ3v) is 3.51. The predicted molar refractivity (Wildman–Crippen MR) is 78.3 cm³/mol. The molecule has 5 heteroatoms. The molecule has 0 radical (unpaired) electrons. The second-order valence-corrected chi connectivity index (χ2v) is 4.94. The Morgan fingerprint density at radius 3 is 3.00 bits per heavy atom. The number of nitrogens with zero attached hydrogens (tertiary/aromatic N) is 2. The minimum Gasteiger partial charge on any atom is -0.478 e. The Labute approximate surface area is 122 Å². The number of fused-ring (bicyclic) bond motifs is 1. The van der Waals surface area contributed by atoms with E-state index in [0.717, 1.165) is 23.5 Å². The molecule has 2 aromatic rings. The maximum Gasteiger partial charge on any atom is 0.335 e. The summed E-state index contributed by atoms with van der Waals surface area (Å²) in [6, 6.07) is 11.0. The first-order valence-electron chi connectivity index (χ1n) is 6.83. The van der Waals surface area contributed by atoms with Crippen LogP contribution in [0.5, 0.6) is 0 Å². The van der Waals surface area contributed by atoms with Gasteiger partial charge in [0.2, 0.25) is 0 Å². The van der Waals surface area contributed by atoms with Crippen molar-refractivity contribution in [2.45, 2.75) is 13.2 Å². The number of benzene rings is 1. The maximum atomic E-state index is 11.1. The van der Waals surface area contributed by atoms with E-state index in [9.17, 15) is 4.79 Å². The molecule has 1 N–H and O–H groups in total. The van der Waals surface area contributed by atoms with Crippen LogP contribution in [-0.2, 0) is 17.9 Å². The Morgan fingerprint density at radius 1 is 1.33 bits per heavy atom. The lowest BCUT2D eigenvalue weighted by Crippen LogP contribution is -2.26. The summed E-state index contributed by atoms with van der Waals surface area (Å²) in [7, 11) is 0. The summed E-state index contributed by atoms with van der Waals surface area (Å²) in [6.07, 6.45) is 1.78. The van der Waals surface area contributed by atoms with Crippen molar-refractivity contribution in [1.82, 2.24) is 4.98 Å². The first kappa shape index (κ1) is 13.6. The van der Waals surface area contributed by atoms with E-state index in [0.29, 0.717) is 19.8 Å². The average molecular weight is 284 g/mol. The number of carboxylic acid groups (broad SMARTS) is 1. The molecule has 1 aliphatic heterocycles. The minimum atomic E-state index is -0.918. The molecule has 0 fully saturated rings. The highest BCUT2D eigenvalue weighted by Crippen LogP contribution is 2.26. The van der Waals surface area contributed by atoms with E-state index < -0.39 is 5.97 Å². The molecule has 1 aliphatic rings. The van der Waals surface area contributed by atoms with E-state index in [1.807, 2.05) is 24.3 Å². The second-order valence-electron chi connectivity index (χ2n) is 4.94. The van der Waals surface area contributed by atoms with Crippen molar-refractivity contribution < 1.29 is 14.6 Å². The van der Waals surface area contributed by atoms with Crippen molar-refractivity contribution in [1.29, 1.82) is 0 Å². The molecule has 1 aromatic heterocycles. The first-order valence-corrected chi connectivity index (χ1v) is 6.83. The van der Waals surface area contributed by atoms with E-state index in [-0.39, 0.29) is 5.56 Å². The molecular weight excluding hydrogens is 268 g/mol. The van der Waals surface area contributed by atoms with Crippen LogP contribution in [0.1, 0.15) is 21.6 Å². The van der Waals surface area contributed by atoms with Gasteiger partial charge in [-0.05, 0) is 30.3 Å². The van der Waals surface area contributed by atoms with Crippen LogP contribution < -0.4 is 4.90 Å². The van der Waals surface area contributed by atoms with Crippen molar-refractivity contribution in [2.75, 3.05) is 18.1 Å². The third-order valence-electron chi connectivity index (χ3n) is 3.51. The molecule has 0 saturated heterocycles. The molecule has 1 aromatic carbocycles. The van der Waals surface area contributed by atoms with E-state index in [1.165, 1.54) is 0 Å². The fourth-order valence-electron chi connectivity index (χ4n) is 2.47. The summed E-state index contributed by atoms with van der Waals surface area (Å²) in [5, 5.41) is 9.09. The van der Waals surface area contributed by atoms with Gasteiger partial charge in [0.25, 0.3) is 0 Å². The van der Waals surface area contributed by atoms with Gasteiger partial charge < -0.3 is 14.7 Å². The summed E-state index contributed by atoms with van der Waals surface area (Å²) in [5.41, 5.74) is 3.19. The molecule has 5 nitrogen and oxygen atoms in total. The minimum absolute atomic E-state index is 0.289. The van der Waals surface area contributed by atoms with E-state index in [1.54, 1.807) is 18.3 Å². The zero-order valence-electron chi connectivity index (χ0n) is 11.5. The van der Waals surface area contributed by atoms with E-state index >= 15 is 0 Å². The first-order chi connectivity index (χ1) is 10.2. The fourth-order valence-corrected chi connectivity index (χ4v) is 2.47. The number of aromatic carboxylic acids is 1. The summed E-state index contributed by atoms with van der Waals surface area (Å²) < 4.78 is 5.57. The van der Waals surface area contributed by atoms with Crippen molar-refractivity contribution in [3.05, 3.63) is 59.4 Å². The van der Waals surface area contributed by atoms with Gasteiger partial charge in [0.05, 0.1) is 31.0 Å². The fraction of sp³-hybridized carbons (Fsp3) is 0.250. The van der Waals surface area contributed by atoms with Crippen LogP contribution in [-0.4, -0.2) is 29.2 Å². The third kappa shape index (κ3) is 3.03. The summed E-state index contributed by atoms with van der Waals surface area (Å²) in [5.74, 6) is -0.918. The van der Waals surface area contributed by atoms with Gasteiger partial charge in [-0.25, -0.2) is 4.79 Å². The smallest absolute Gasteiger partial charge is 0.335 e. The lowest BCUT2D eigenvalue weighted by molar-refractivity contribution is 0.0696. The second kappa shape index (κ2) is 5.93. The number of hydrogen-bond donors (Lipinski definition) is 1. The summed E-state index contributed by atoms with van der Waals surface area (Å²) in [6.45, 7) is 2.50. The van der Waals surface area contributed by atoms with Crippen LogP contribution in [0, 0.1) is 0 Å². The highest BCUT2D eigenvalue weighted by molar-refractivity contribution is 5.88.